The third kappa shape index (κ3) is 1.32. The lowest BCUT2D eigenvalue weighted by molar-refractivity contribution is 0.111. The normalized spacial score (nSPS) is 11.4. The Bertz CT molecular complexity index is 937. The molecule has 0 aliphatic rings. The van der Waals surface area contributed by atoms with Crippen LogP contribution in [0.5, 0.6) is 0 Å². The molecule has 0 unspecified atom stereocenters. The van der Waals surface area contributed by atoms with Crippen molar-refractivity contribution in [3.8, 4) is 0 Å². The number of rotatable bonds is 1. The summed E-state index contributed by atoms with van der Waals surface area (Å²) in [4.78, 5) is 15.7. The summed E-state index contributed by atoms with van der Waals surface area (Å²) < 4.78 is 1.95. The van der Waals surface area contributed by atoms with E-state index in [2.05, 4.69) is 23.2 Å². The fraction of sp³-hybridized carbons (Fsp3) is 0. The molecule has 2 aromatic carbocycles. The highest BCUT2D eigenvalue weighted by molar-refractivity contribution is 6.05. The Morgan fingerprint density at radius 2 is 1.89 bits per heavy atom. The Labute approximate surface area is 109 Å². The zero-order chi connectivity index (χ0) is 12.8. The van der Waals surface area contributed by atoms with Crippen molar-refractivity contribution >= 4 is 33.6 Å². The Morgan fingerprint density at radius 1 is 1.00 bits per heavy atom. The van der Waals surface area contributed by atoms with Crippen LogP contribution in [0.25, 0.3) is 27.3 Å². The van der Waals surface area contributed by atoms with Crippen molar-refractivity contribution < 1.29 is 4.79 Å². The van der Waals surface area contributed by atoms with Gasteiger partial charge in [-0.2, -0.15) is 0 Å². The molecule has 2 aromatic heterocycles. The molecule has 4 rings (SSSR count). The first-order chi connectivity index (χ1) is 9.38. The molecule has 0 aliphatic heterocycles. The van der Waals surface area contributed by atoms with Gasteiger partial charge in [-0.3, -0.25) is 9.78 Å². The minimum Gasteiger partial charge on any atom is -0.304 e. The largest absolute Gasteiger partial charge is 0.304 e. The summed E-state index contributed by atoms with van der Waals surface area (Å²) in [6.45, 7) is 0. The Kier molecular flexibility index (Phi) is 1.97. The number of aromatic nitrogens is 2. The van der Waals surface area contributed by atoms with Crippen molar-refractivity contribution in [3.05, 3.63) is 60.4 Å². The monoisotopic (exact) mass is 246 g/mol. The van der Waals surface area contributed by atoms with Crippen LogP contribution in [0.4, 0.5) is 0 Å². The predicted octanol–water partition coefficient (Wildman–Crippen LogP) is 3.45. The molecule has 2 heterocycles. The molecule has 0 bridgehead atoms. The van der Waals surface area contributed by atoms with E-state index >= 15 is 0 Å². The van der Waals surface area contributed by atoms with E-state index in [0.717, 1.165) is 33.6 Å². The first kappa shape index (κ1) is 10.3. The van der Waals surface area contributed by atoms with Gasteiger partial charge in [0.05, 0.1) is 28.4 Å². The van der Waals surface area contributed by atoms with E-state index in [0.29, 0.717) is 5.69 Å². The van der Waals surface area contributed by atoms with Gasteiger partial charge in [-0.05, 0) is 23.6 Å². The van der Waals surface area contributed by atoms with Crippen molar-refractivity contribution in [2.24, 2.45) is 0 Å². The van der Waals surface area contributed by atoms with Gasteiger partial charge in [-0.15, -0.1) is 0 Å². The average molecular weight is 246 g/mol. The summed E-state index contributed by atoms with van der Waals surface area (Å²) in [5.74, 6) is 0. The van der Waals surface area contributed by atoms with Crippen molar-refractivity contribution in [1.82, 2.24) is 9.38 Å². The molecule has 19 heavy (non-hydrogen) atoms. The van der Waals surface area contributed by atoms with Crippen LogP contribution in [-0.4, -0.2) is 15.7 Å². The lowest BCUT2D eigenvalue weighted by atomic mass is 10.1. The van der Waals surface area contributed by atoms with Crippen LogP contribution in [0.1, 0.15) is 10.5 Å². The third-order valence-electron chi connectivity index (χ3n) is 3.51. The van der Waals surface area contributed by atoms with Gasteiger partial charge in [0.1, 0.15) is 0 Å². The quantitative estimate of drug-likeness (QED) is 0.381. The Balaban J connectivity index is 2.31. The van der Waals surface area contributed by atoms with E-state index in [1.165, 1.54) is 0 Å². The number of aldehydes is 1. The molecule has 0 radical (unpaired) electrons. The van der Waals surface area contributed by atoms with Gasteiger partial charge in [0.25, 0.3) is 0 Å². The van der Waals surface area contributed by atoms with Crippen molar-refractivity contribution in [2.45, 2.75) is 0 Å². The number of benzene rings is 2. The van der Waals surface area contributed by atoms with E-state index in [4.69, 9.17) is 0 Å². The lowest BCUT2D eigenvalue weighted by Gasteiger charge is -2.06. The smallest absolute Gasteiger partial charge is 0.166 e. The number of fused-ring (bicyclic) bond motifs is 5. The minimum absolute atomic E-state index is 0.651. The topological polar surface area (TPSA) is 34.4 Å². The average Bonchev–Trinajstić information content (AvgIpc) is 2.90. The molecule has 0 atom stereocenters. The molecule has 0 fully saturated rings. The van der Waals surface area contributed by atoms with Gasteiger partial charge in [0.15, 0.2) is 6.29 Å². The molecule has 0 aliphatic carbocycles. The van der Waals surface area contributed by atoms with Crippen molar-refractivity contribution in [1.29, 1.82) is 0 Å². The summed E-state index contributed by atoms with van der Waals surface area (Å²) in [5.41, 5.74) is 3.47. The molecule has 0 spiro atoms. The molecule has 3 nitrogen and oxygen atoms in total. The molecule has 4 aromatic rings. The van der Waals surface area contributed by atoms with Gasteiger partial charge in [-0.1, -0.05) is 30.3 Å². The summed E-state index contributed by atoms with van der Waals surface area (Å²) in [6.07, 6.45) is 2.68. The molecule has 90 valence electrons. The van der Waals surface area contributed by atoms with Crippen molar-refractivity contribution in [2.75, 3.05) is 0 Å². The molecular formula is C16H10N2O. The lowest BCUT2D eigenvalue weighted by Crippen LogP contribution is -1.95. The van der Waals surface area contributed by atoms with Crippen LogP contribution in [-0.2, 0) is 0 Å². The maximum atomic E-state index is 11.1. The maximum Gasteiger partial charge on any atom is 0.166 e. The summed E-state index contributed by atoms with van der Waals surface area (Å²) >= 11 is 0. The Hall–Kier alpha value is -2.68. The highest BCUT2D eigenvalue weighted by atomic mass is 16.1. The van der Waals surface area contributed by atoms with E-state index in [1.54, 1.807) is 0 Å². The van der Waals surface area contributed by atoms with E-state index in [1.807, 2.05) is 40.9 Å². The molecule has 3 heteroatoms. The zero-order valence-electron chi connectivity index (χ0n) is 10.1. The fourth-order valence-electron chi connectivity index (χ4n) is 2.63. The summed E-state index contributed by atoms with van der Waals surface area (Å²) in [6, 6.07) is 15.9. The molecule has 0 saturated heterocycles. The van der Waals surface area contributed by atoms with Crippen LogP contribution in [0.2, 0.25) is 0 Å². The number of carbonyl (C=O) groups excluding carboxylic acids is 1. The molecule has 0 N–H and O–H groups in total. The van der Waals surface area contributed by atoms with Crippen LogP contribution >= 0.6 is 0 Å². The SMILES string of the molecule is O=Cc1ccc2cnc3c4ccccc4ccc3n12. The summed E-state index contributed by atoms with van der Waals surface area (Å²) in [5, 5.41) is 2.26. The fourth-order valence-corrected chi connectivity index (χ4v) is 2.63. The van der Waals surface area contributed by atoms with Gasteiger partial charge in [0.2, 0.25) is 0 Å². The van der Waals surface area contributed by atoms with Gasteiger partial charge in [0, 0.05) is 5.39 Å². The second kappa shape index (κ2) is 3.65. The predicted molar refractivity (Wildman–Crippen MR) is 75.6 cm³/mol. The van der Waals surface area contributed by atoms with Crippen LogP contribution in [0.15, 0.2) is 54.7 Å². The Morgan fingerprint density at radius 3 is 2.79 bits per heavy atom. The van der Waals surface area contributed by atoms with E-state index < -0.39 is 0 Å². The highest BCUT2D eigenvalue weighted by Gasteiger charge is 2.08. The number of carbonyl (C=O) groups is 1. The molecular weight excluding hydrogens is 236 g/mol. The number of hydrogen-bond acceptors (Lipinski definition) is 2. The van der Waals surface area contributed by atoms with Crippen molar-refractivity contribution in [3.63, 3.8) is 0 Å². The number of hydrogen-bond donors (Lipinski definition) is 0. The van der Waals surface area contributed by atoms with E-state index in [-0.39, 0.29) is 0 Å². The second-order valence-corrected chi connectivity index (χ2v) is 4.55. The summed E-state index contributed by atoms with van der Waals surface area (Å²) in [7, 11) is 0. The standard InChI is InChI=1S/C16H10N2O/c19-10-13-7-6-12-9-17-16-14-4-2-1-3-11(14)5-8-15(16)18(12)13/h1-10H. The minimum atomic E-state index is 0.651. The maximum absolute atomic E-state index is 11.1. The molecule has 0 saturated carbocycles. The van der Waals surface area contributed by atoms with Gasteiger partial charge >= 0.3 is 0 Å². The van der Waals surface area contributed by atoms with Crippen LogP contribution in [0.3, 0.4) is 0 Å². The second-order valence-electron chi connectivity index (χ2n) is 4.55. The van der Waals surface area contributed by atoms with Crippen LogP contribution in [0, 0.1) is 0 Å². The third-order valence-corrected chi connectivity index (χ3v) is 3.51. The van der Waals surface area contributed by atoms with E-state index in [9.17, 15) is 4.79 Å². The highest BCUT2D eigenvalue weighted by Crippen LogP contribution is 2.25. The van der Waals surface area contributed by atoms with Gasteiger partial charge < -0.3 is 4.40 Å². The first-order valence-corrected chi connectivity index (χ1v) is 6.11. The van der Waals surface area contributed by atoms with Gasteiger partial charge in [-0.25, -0.2) is 0 Å². The molecule has 0 amide bonds. The van der Waals surface area contributed by atoms with Crippen LogP contribution < -0.4 is 0 Å². The first-order valence-electron chi connectivity index (χ1n) is 6.11. The zero-order valence-corrected chi connectivity index (χ0v) is 10.1. The number of nitrogens with zero attached hydrogens (tertiary/aromatic N) is 2.